The van der Waals surface area contributed by atoms with Gasteiger partial charge < -0.3 is 28.3 Å². The van der Waals surface area contributed by atoms with Crippen LogP contribution in [0.1, 0.15) is 78.7 Å². The van der Waals surface area contributed by atoms with Gasteiger partial charge in [0.2, 0.25) is 0 Å². The smallest absolute Gasteiger partial charge is 0.418 e. The molecule has 10 heteroatoms. The van der Waals surface area contributed by atoms with Gasteiger partial charge in [0.05, 0.1) is 13.2 Å². The van der Waals surface area contributed by atoms with Gasteiger partial charge in [-0.2, -0.15) is 4.98 Å². The Morgan fingerprint density at radius 1 is 0.932 bits per heavy atom. The number of hydrogen-bond acceptors (Lipinski definition) is 8. The lowest BCUT2D eigenvalue weighted by molar-refractivity contribution is 0.0288. The summed E-state index contributed by atoms with van der Waals surface area (Å²) in [5.41, 5.74) is 1.18. The zero-order chi connectivity index (χ0) is 31.5. The summed E-state index contributed by atoms with van der Waals surface area (Å²) in [6.45, 7) is 13.3. The third kappa shape index (κ3) is 8.80. The van der Waals surface area contributed by atoms with Crippen LogP contribution in [0.2, 0.25) is 0 Å². The Morgan fingerprint density at radius 3 is 2.32 bits per heavy atom. The van der Waals surface area contributed by atoms with Crippen LogP contribution < -0.4 is 14.4 Å². The van der Waals surface area contributed by atoms with Crippen molar-refractivity contribution in [1.29, 1.82) is 0 Å². The second-order valence-corrected chi connectivity index (χ2v) is 13.7. The Kier molecular flexibility index (Phi) is 9.27. The average molecular weight is 608 g/mol. The zero-order valence-corrected chi connectivity index (χ0v) is 26.8. The first-order valence-electron chi connectivity index (χ1n) is 15.6. The van der Waals surface area contributed by atoms with E-state index >= 15 is 0 Å². The van der Waals surface area contributed by atoms with Crippen LogP contribution >= 0.6 is 0 Å². The summed E-state index contributed by atoms with van der Waals surface area (Å²) in [6.07, 6.45) is 3.06. The number of rotatable bonds is 10. The normalized spacial score (nSPS) is 17.0. The van der Waals surface area contributed by atoms with Gasteiger partial charge in [0.25, 0.3) is 0 Å². The highest BCUT2D eigenvalue weighted by molar-refractivity contribution is 5.87. The third-order valence-electron chi connectivity index (χ3n) is 7.30. The summed E-state index contributed by atoms with van der Waals surface area (Å²) in [6, 6.07) is 13.9. The van der Waals surface area contributed by atoms with E-state index < -0.39 is 17.3 Å². The van der Waals surface area contributed by atoms with Crippen molar-refractivity contribution in [2.75, 3.05) is 37.7 Å². The van der Waals surface area contributed by atoms with E-state index in [9.17, 15) is 9.59 Å². The number of aromatic nitrogens is 1. The van der Waals surface area contributed by atoms with Crippen LogP contribution in [0.5, 0.6) is 11.5 Å². The maximum absolute atomic E-state index is 13.3. The first-order chi connectivity index (χ1) is 20.8. The van der Waals surface area contributed by atoms with Crippen molar-refractivity contribution in [1.82, 2.24) is 9.88 Å². The molecule has 1 aliphatic heterocycles. The lowest BCUT2D eigenvalue weighted by Gasteiger charge is -2.27. The highest BCUT2D eigenvalue weighted by atomic mass is 16.6. The Labute approximate surface area is 259 Å². The average Bonchev–Trinajstić information content (AvgIpc) is 3.53. The molecule has 238 valence electrons. The van der Waals surface area contributed by atoms with Crippen LogP contribution in [0.25, 0.3) is 11.1 Å². The van der Waals surface area contributed by atoms with E-state index in [0.29, 0.717) is 55.5 Å². The first-order valence-corrected chi connectivity index (χ1v) is 15.6. The molecule has 10 nitrogen and oxygen atoms in total. The molecule has 0 spiro atoms. The van der Waals surface area contributed by atoms with Crippen LogP contribution in [0, 0.1) is 5.92 Å². The van der Waals surface area contributed by atoms with Gasteiger partial charge in [0.15, 0.2) is 5.58 Å². The van der Waals surface area contributed by atoms with Crippen molar-refractivity contribution in [2.24, 2.45) is 5.92 Å². The van der Waals surface area contributed by atoms with Crippen molar-refractivity contribution >= 4 is 29.3 Å². The molecule has 1 saturated heterocycles. The van der Waals surface area contributed by atoms with Gasteiger partial charge >= 0.3 is 18.2 Å². The molecule has 1 saturated carbocycles. The number of anilines is 1. The molecule has 1 aromatic heterocycles. The molecule has 2 aliphatic rings. The van der Waals surface area contributed by atoms with E-state index in [1.807, 2.05) is 59.7 Å². The van der Waals surface area contributed by atoms with Crippen LogP contribution in [0.3, 0.4) is 0 Å². The van der Waals surface area contributed by atoms with Crippen LogP contribution in [0.15, 0.2) is 46.9 Å². The number of carbonyl (C=O) groups excluding carboxylic acids is 2. The number of hydrogen-bond donors (Lipinski definition) is 0. The molecule has 44 heavy (non-hydrogen) atoms. The number of amides is 2. The lowest BCUT2D eigenvalue weighted by Crippen LogP contribution is -2.41. The summed E-state index contributed by atoms with van der Waals surface area (Å²) < 4.78 is 29.2. The van der Waals surface area contributed by atoms with Crippen molar-refractivity contribution in [3.05, 3.63) is 48.0 Å². The predicted octanol–water partition coefficient (Wildman–Crippen LogP) is 7.55. The Hall–Kier alpha value is -3.95. The first kappa shape index (κ1) is 31.5. The van der Waals surface area contributed by atoms with Gasteiger partial charge in [0, 0.05) is 32.1 Å². The Balaban J connectivity index is 1.19. The quantitative estimate of drug-likeness (QED) is 0.218. The van der Waals surface area contributed by atoms with E-state index in [0.717, 1.165) is 12.2 Å². The van der Waals surface area contributed by atoms with Crippen molar-refractivity contribution in [3.63, 3.8) is 0 Å². The van der Waals surface area contributed by atoms with Crippen LogP contribution in [-0.2, 0) is 9.47 Å². The number of oxazole rings is 1. The topological polar surface area (TPSA) is 104 Å². The number of nitrogens with zero attached hydrogens (tertiary/aromatic N) is 3. The Bertz CT molecular complexity index is 1450. The van der Waals surface area contributed by atoms with E-state index in [2.05, 4.69) is 23.2 Å². The second kappa shape index (κ2) is 13.0. The number of likely N-dealkylation sites (tertiary alicyclic amines) is 1. The van der Waals surface area contributed by atoms with Gasteiger partial charge in [-0.05, 0) is 102 Å². The minimum Gasteiger partial charge on any atom is -0.493 e. The fourth-order valence-corrected chi connectivity index (χ4v) is 5.09. The summed E-state index contributed by atoms with van der Waals surface area (Å²) in [5.74, 6) is 2.24. The zero-order valence-electron chi connectivity index (χ0n) is 26.8. The minimum atomic E-state index is -0.704. The fourth-order valence-electron chi connectivity index (χ4n) is 5.09. The molecule has 0 N–H and O–H groups in total. The van der Waals surface area contributed by atoms with Crippen molar-refractivity contribution in [2.45, 2.75) is 84.3 Å². The molecular weight excluding hydrogens is 562 g/mol. The van der Waals surface area contributed by atoms with Crippen molar-refractivity contribution < 1.29 is 33.0 Å². The molecule has 0 unspecified atom stereocenters. The summed E-state index contributed by atoms with van der Waals surface area (Å²) in [5, 5.41) is 0. The van der Waals surface area contributed by atoms with E-state index in [-0.39, 0.29) is 24.6 Å². The maximum Gasteiger partial charge on any atom is 0.418 e. The van der Waals surface area contributed by atoms with E-state index in [4.69, 9.17) is 23.4 Å². The molecule has 3 aromatic rings. The van der Waals surface area contributed by atoms with E-state index in [1.165, 1.54) is 23.3 Å². The van der Waals surface area contributed by atoms with E-state index in [1.54, 1.807) is 11.0 Å². The number of carbonyl (C=O) groups is 2. The van der Waals surface area contributed by atoms with Crippen LogP contribution in [0.4, 0.5) is 15.6 Å². The van der Waals surface area contributed by atoms with Crippen LogP contribution in [-0.4, -0.2) is 66.1 Å². The third-order valence-corrected chi connectivity index (χ3v) is 7.30. The molecule has 2 heterocycles. The highest BCUT2D eigenvalue weighted by Gasteiger charge is 2.35. The fraction of sp³-hybridized carbons (Fsp3) is 0.559. The summed E-state index contributed by atoms with van der Waals surface area (Å²) in [7, 11) is 0. The van der Waals surface area contributed by atoms with Gasteiger partial charge in [-0.25, -0.2) is 14.5 Å². The largest absolute Gasteiger partial charge is 0.493 e. The molecular formula is C34H45N3O7. The predicted molar refractivity (Wildman–Crippen MR) is 168 cm³/mol. The molecule has 5 rings (SSSR count). The van der Waals surface area contributed by atoms with Gasteiger partial charge in [-0.15, -0.1) is 0 Å². The Morgan fingerprint density at radius 2 is 1.64 bits per heavy atom. The number of benzene rings is 2. The van der Waals surface area contributed by atoms with Gasteiger partial charge in [0.1, 0.15) is 28.2 Å². The van der Waals surface area contributed by atoms with Gasteiger partial charge in [-0.1, -0.05) is 12.1 Å². The second-order valence-electron chi connectivity index (χ2n) is 13.7. The number of fused-ring (bicyclic) bond motifs is 1. The minimum absolute atomic E-state index is 0.00217. The monoisotopic (exact) mass is 607 g/mol. The highest BCUT2D eigenvalue weighted by Crippen LogP contribution is 2.41. The van der Waals surface area contributed by atoms with Crippen molar-refractivity contribution in [3.8, 4) is 11.5 Å². The SMILES string of the molecule is CC(C)(C)OC(=O)N1CC[C@H](CN(C(=O)OC(C)(C)C)c2nc3ccc(OCCCOc4cccc(C5CC5)c4)cc3o2)C1. The number of ether oxygens (including phenoxy) is 4. The molecule has 0 bridgehead atoms. The molecule has 2 fully saturated rings. The lowest BCUT2D eigenvalue weighted by atomic mass is 10.1. The molecule has 1 aliphatic carbocycles. The van der Waals surface area contributed by atoms with Gasteiger partial charge in [-0.3, -0.25) is 0 Å². The summed E-state index contributed by atoms with van der Waals surface area (Å²) >= 11 is 0. The molecule has 1 atom stereocenters. The summed E-state index contributed by atoms with van der Waals surface area (Å²) in [4.78, 5) is 33.6. The molecule has 2 aromatic carbocycles. The maximum atomic E-state index is 13.3. The molecule has 0 radical (unpaired) electrons. The molecule has 2 amide bonds. The standard InChI is InChI=1S/C34H45N3O7/c1-33(2,3)43-31(38)36-16-15-23(21-36)22-37(32(39)44-34(4,5)6)30-35-28-14-13-27(20-29(28)42-30)41-18-8-17-40-26-10-7-9-25(19-26)24-11-12-24/h7,9-10,13-14,19-20,23-24H,8,11-12,15-18,21-22H2,1-6H3/t23-/m0/s1.